The van der Waals surface area contributed by atoms with Gasteiger partial charge in [0.05, 0.1) is 5.69 Å². The molecule has 1 amide bonds. The van der Waals surface area contributed by atoms with Crippen LogP contribution in [0.4, 0.5) is 0 Å². The number of phenols is 1. The number of aryl methyl sites for hydroxylation is 1. The molecule has 3 rings (SSSR count). The molecule has 6 nitrogen and oxygen atoms in total. The van der Waals surface area contributed by atoms with Gasteiger partial charge >= 0.3 is 0 Å². The number of nitrogens with zero attached hydrogens (tertiary/aromatic N) is 2. The summed E-state index contributed by atoms with van der Waals surface area (Å²) in [4.78, 5) is 16.3. The van der Waals surface area contributed by atoms with E-state index in [0.717, 1.165) is 11.3 Å². The minimum Gasteiger partial charge on any atom is -0.508 e. The molecule has 24 heavy (non-hydrogen) atoms. The van der Waals surface area contributed by atoms with Gasteiger partial charge in [0.25, 0.3) is 5.91 Å². The Morgan fingerprint density at radius 2 is 2.08 bits per heavy atom. The molecule has 2 heterocycles. The summed E-state index contributed by atoms with van der Waals surface area (Å²) in [7, 11) is 0. The predicted molar refractivity (Wildman–Crippen MR) is 90.2 cm³/mol. The molecule has 0 spiro atoms. The summed E-state index contributed by atoms with van der Waals surface area (Å²) >= 11 is 0. The highest BCUT2D eigenvalue weighted by atomic mass is 16.5. The molecule has 0 saturated heterocycles. The Hall–Kier alpha value is -3.02. The van der Waals surface area contributed by atoms with Crippen molar-refractivity contribution < 1.29 is 14.6 Å². The van der Waals surface area contributed by atoms with Gasteiger partial charge in [0.1, 0.15) is 5.75 Å². The third-order valence-electron chi connectivity index (χ3n) is 3.60. The van der Waals surface area contributed by atoms with Crippen molar-refractivity contribution in [3.05, 3.63) is 60.0 Å². The molecular weight excluding hydrogens is 306 g/mol. The molecule has 0 fully saturated rings. The van der Waals surface area contributed by atoms with Gasteiger partial charge in [-0.15, -0.1) is 0 Å². The van der Waals surface area contributed by atoms with Gasteiger partial charge in [-0.2, -0.15) is 0 Å². The van der Waals surface area contributed by atoms with Crippen molar-refractivity contribution in [2.24, 2.45) is 0 Å². The van der Waals surface area contributed by atoms with Crippen molar-refractivity contribution in [1.82, 2.24) is 14.7 Å². The van der Waals surface area contributed by atoms with Crippen LogP contribution in [0.5, 0.6) is 11.5 Å². The number of hydrogen-bond acceptors (Lipinski definition) is 4. The number of carbonyl (C=O) groups excluding carboxylic acids is 1. The molecule has 0 bridgehead atoms. The van der Waals surface area contributed by atoms with Gasteiger partial charge in [-0.1, -0.05) is 12.1 Å². The van der Waals surface area contributed by atoms with Gasteiger partial charge in [0.2, 0.25) is 0 Å². The zero-order valence-electron chi connectivity index (χ0n) is 13.4. The van der Waals surface area contributed by atoms with Crippen molar-refractivity contribution >= 4 is 11.6 Å². The van der Waals surface area contributed by atoms with Crippen LogP contribution in [-0.4, -0.2) is 33.6 Å². The maximum absolute atomic E-state index is 11.9. The topological polar surface area (TPSA) is 75.9 Å². The highest BCUT2D eigenvalue weighted by Crippen LogP contribution is 2.18. The van der Waals surface area contributed by atoms with Crippen molar-refractivity contribution in [3.8, 4) is 11.5 Å². The van der Waals surface area contributed by atoms with Crippen molar-refractivity contribution in [2.75, 3.05) is 13.2 Å². The lowest BCUT2D eigenvalue weighted by atomic mass is 10.1. The van der Waals surface area contributed by atoms with Crippen LogP contribution in [0.15, 0.2) is 48.8 Å². The molecule has 3 aromatic rings. The lowest BCUT2D eigenvalue weighted by Gasteiger charge is -2.08. The number of carbonyl (C=O) groups is 1. The van der Waals surface area contributed by atoms with E-state index in [4.69, 9.17) is 4.74 Å². The van der Waals surface area contributed by atoms with E-state index < -0.39 is 0 Å². The van der Waals surface area contributed by atoms with E-state index in [1.54, 1.807) is 18.2 Å². The molecule has 2 aromatic heterocycles. The fourth-order valence-electron chi connectivity index (χ4n) is 2.43. The van der Waals surface area contributed by atoms with Gasteiger partial charge < -0.3 is 19.6 Å². The number of aromatic hydroxyl groups is 1. The number of hydrogen-bond donors (Lipinski definition) is 2. The van der Waals surface area contributed by atoms with Gasteiger partial charge in [-0.05, 0) is 43.2 Å². The fourth-order valence-corrected chi connectivity index (χ4v) is 2.43. The first kappa shape index (κ1) is 15.9. The van der Waals surface area contributed by atoms with Crippen molar-refractivity contribution in [1.29, 1.82) is 0 Å². The molecule has 1 aromatic carbocycles. The Morgan fingerprint density at radius 1 is 1.29 bits per heavy atom. The van der Waals surface area contributed by atoms with E-state index >= 15 is 0 Å². The standard InChI is InChI=1S/C18H19N3O3/c1-13-11-21-10-2-3-16(18(21)20-13)24-12-17(23)19-9-8-14-4-6-15(22)7-5-14/h2-7,10-11,22H,8-9,12H2,1H3,(H,19,23). The van der Waals surface area contributed by atoms with Gasteiger partial charge in [-0.3, -0.25) is 4.79 Å². The van der Waals surface area contributed by atoms with Crippen LogP contribution in [0.2, 0.25) is 0 Å². The number of nitrogens with one attached hydrogen (secondary N) is 1. The normalized spacial score (nSPS) is 10.7. The number of phenolic OH excluding ortho intramolecular Hbond substituents is 1. The highest BCUT2D eigenvalue weighted by molar-refractivity contribution is 5.77. The van der Waals surface area contributed by atoms with Crippen LogP contribution >= 0.6 is 0 Å². The lowest BCUT2D eigenvalue weighted by Crippen LogP contribution is -2.30. The van der Waals surface area contributed by atoms with Gasteiger partial charge in [0.15, 0.2) is 18.0 Å². The summed E-state index contributed by atoms with van der Waals surface area (Å²) in [6.45, 7) is 2.37. The summed E-state index contributed by atoms with van der Waals surface area (Å²) in [5.74, 6) is 0.637. The van der Waals surface area contributed by atoms with E-state index in [-0.39, 0.29) is 18.3 Å². The SMILES string of the molecule is Cc1cn2cccc(OCC(=O)NCCc3ccc(O)cc3)c2n1. The molecule has 0 radical (unpaired) electrons. The molecule has 124 valence electrons. The molecule has 0 saturated carbocycles. The van der Waals surface area contributed by atoms with E-state index in [2.05, 4.69) is 10.3 Å². The second-order valence-corrected chi connectivity index (χ2v) is 5.54. The first-order valence-electron chi connectivity index (χ1n) is 7.73. The minimum absolute atomic E-state index is 0.0544. The lowest BCUT2D eigenvalue weighted by molar-refractivity contribution is -0.123. The average Bonchev–Trinajstić information content (AvgIpc) is 2.95. The summed E-state index contributed by atoms with van der Waals surface area (Å²) < 4.78 is 7.45. The first-order chi connectivity index (χ1) is 11.6. The Morgan fingerprint density at radius 3 is 2.88 bits per heavy atom. The van der Waals surface area contributed by atoms with E-state index in [1.165, 1.54) is 0 Å². The van der Waals surface area contributed by atoms with Crippen LogP contribution in [0.25, 0.3) is 5.65 Å². The number of amides is 1. The summed E-state index contributed by atoms with van der Waals surface area (Å²) in [5.41, 5.74) is 2.64. The fraction of sp³-hybridized carbons (Fsp3) is 0.222. The molecule has 0 aliphatic carbocycles. The maximum atomic E-state index is 11.9. The Balaban J connectivity index is 1.49. The zero-order chi connectivity index (χ0) is 16.9. The number of aromatic nitrogens is 2. The van der Waals surface area contributed by atoms with Crippen molar-refractivity contribution in [2.45, 2.75) is 13.3 Å². The van der Waals surface area contributed by atoms with Crippen LogP contribution in [0, 0.1) is 6.92 Å². The largest absolute Gasteiger partial charge is 0.508 e. The van der Waals surface area contributed by atoms with Crippen LogP contribution in [0.3, 0.4) is 0 Å². The Bertz CT molecular complexity index is 840. The molecule has 0 unspecified atom stereocenters. The van der Waals surface area contributed by atoms with Crippen molar-refractivity contribution in [3.63, 3.8) is 0 Å². The highest BCUT2D eigenvalue weighted by Gasteiger charge is 2.08. The van der Waals surface area contributed by atoms with Gasteiger partial charge in [-0.25, -0.2) is 4.98 Å². The summed E-state index contributed by atoms with van der Waals surface area (Å²) in [5, 5.41) is 12.0. The second-order valence-electron chi connectivity index (χ2n) is 5.54. The number of fused-ring (bicyclic) bond motifs is 1. The zero-order valence-corrected chi connectivity index (χ0v) is 13.4. The third-order valence-corrected chi connectivity index (χ3v) is 3.60. The molecular formula is C18H19N3O3. The molecule has 0 aliphatic rings. The second kappa shape index (κ2) is 7.04. The molecule has 2 N–H and O–H groups in total. The number of ether oxygens (including phenoxy) is 1. The number of rotatable bonds is 6. The monoisotopic (exact) mass is 325 g/mol. The van der Waals surface area contributed by atoms with Crippen LogP contribution in [0.1, 0.15) is 11.3 Å². The number of imidazole rings is 1. The van der Waals surface area contributed by atoms with Crippen LogP contribution < -0.4 is 10.1 Å². The maximum Gasteiger partial charge on any atom is 0.257 e. The van der Waals surface area contributed by atoms with Gasteiger partial charge in [0, 0.05) is 18.9 Å². The van der Waals surface area contributed by atoms with Crippen LogP contribution in [-0.2, 0) is 11.2 Å². The third kappa shape index (κ3) is 3.84. The Kier molecular flexibility index (Phi) is 4.65. The predicted octanol–water partition coefficient (Wildman–Crippen LogP) is 2.09. The Labute approximate surface area is 139 Å². The van der Waals surface area contributed by atoms with E-state index in [0.29, 0.717) is 24.4 Å². The van der Waals surface area contributed by atoms with E-state index in [9.17, 15) is 9.90 Å². The van der Waals surface area contributed by atoms with E-state index in [1.807, 2.05) is 41.9 Å². The number of benzene rings is 1. The average molecular weight is 325 g/mol. The minimum atomic E-state index is -0.181. The molecule has 6 heteroatoms. The smallest absolute Gasteiger partial charge is 0.257 e. The molecule has 0 atom stereocenters. The summed E-state index contributed by atoms with van der Waals surface area (Å²) in [6.07, 6.45) is 4.49. The first-order valence-corrected chi connectivity index (χ1v) is 7.73. The molecule has 0 aliphatic heterocycles. The summed E-state index contributed by atoms with van der Waals surface area (Å²) in [6, 6.07) is 10.6. The quantitative estimate of drug-likeness (QED) is 0.727. The number of pyridine rings is 1.